The third-order valence-electron chi connectivity index (χ3n) is 5.14. The molecule has 3 rings (SSSR count). The number of urea groups is 1. The van der Waals surface area contributed by atoms with Gasteiger partial charge in [0, 0.05) is 13.1 Å². The van der Waals surface area contributed by atoms with Gasteiger partial charge in [-0.25, -0.2) is 13.2 Å². The first-order valence-corrected chi connectivity index (χ1v) is 9.56. The average molecular weight is 343 g/mol. The summed E-state index contributed by atoms with van der Waals surface area (Å²) < 4.78 is 23.0. The third-order valence-corrected chi connectivity index (χ3v) is 6.89. The molecule has 2 aliphatic heterocycles. The van der Waals surface area contributed by atoms with Gasteiger partial charge in [-0.2, -0.15) is 0 Å². The number of nitrogens with one attached hydrogen (secondary N) is 1. The Morgan fingerprint density at radius 3 is 2.52 bits per heavy atom. The minimum atomic E-state index is -3.10. The van der Waals surface area contributed by atoms with E-state index in [2.05, 4.69) is 5.32 Å². The van der Waals surface area contributed by atoms with Crippen LogP contribution in [0.5, 0.6) is 0 Å². The van der Waals surface area contributed by atoms with Crippen molar-refractivity contribution in [1.29, 1.82) is 0 Å². The molecule has 3 fully saturated rings. The van der Waals surface area contributed by atoms with Crippen LogP contribution in [0.1, 0.15) is 26.2 Å². The lowest BCUT2D eigenvalue weighted by molar-refractivity contribution is -0.139. The van der Waals surface area contributed by atoms with Crippen molar-refractivity contribution in [3.63, 3.8) is 0 Å². The second-order valence-corrected chi connectivity index (χ2v) is 9.09. The van der Waals surface area contributed by atoms with Gasteiger partial charge in [0.1, 0.15) is 12.1 Å². The summed E-state index contributed by atoms with van der Waals surface area (Å²) in [7, 11) is -1.58. The maximum Gasteiger partial charge on any atom is 0.325 e. The predicted octanol–water partition coefficient (Wildman–Crippen LogP) is -0.648. The maximum absolute atomic E-state index is 12.5. The minimum Gasteiger partial charge on any atom is -0.340 e. The van der Waals surface area contributed by atoms with Crippen LogP contribution in [0.4, 0.5) is 4.79 Å². The zero-order chi connectivity index (χ0) is 17.0. The van der Waals surface area contributed by atoms with E-state index in [0.717, 1.165) is 17.7 Å². The second-order valence-electron chi connectivity index (χ2n) is 6.86. The van der Waals surface area contributed by atoms with Crippen molar-refractivity contribution in [1.82, 2.24) is 15.1 Å². The SMILES string of the molecule is CN(C(=O)CN1C(=O)N[C@](C)(C2CC2)C1=O)[C@H]1CCS(=O)(=O)C1. The van der Waals surface area contributed by atoms with Crippen molar-refractivity contribution in [3.8, 4) is 0 Å². The van der Waals surface area contributed by atoms with Gasteiger partial charge in [-0.3, -0.25) is 14.5 Å². The van der Waals surface area contributed by atoms with Crippen LogP contribution in [0.25, 0.3) is 0 Å². The van der Waals surface area contributed by atoms with Crippen molar-refractivity contribution < 1.29 is 22.8 Å². The molecule has 1 saturated carbocycles. The molecule has 128 valence electrons. The Morgan fingerprint density at radius 1 is 1.35 bits per heavy atom. The van der Waals surface area contributed by atoms with Gasteiger partial charge in [0.15, 0.2) is 9.84 Å². The quantitative estimate of drug-likeness (QED) is 0.683. The highest BCUT2D eigenvalue weighted by molar-refractivity contribution is 7.91. The van der Waals surface area contributed by atoms with E-state index in [9.17, 15) is 22.8 Å². The fraction of sp³-hybridized carbons (Fsp3) is 0.786. The van der Waals surface area contributed by atoms with Gasteiger partial charge in [-0.1, -0.05) is 0 Å². The lowest BCUT2D eigenvalue weighted by Crippen LogP contribution is -2.48. The monoisotopic (exact) mass is 343 g/mol. The fourth-order valence-electron chi connectivity index (χ4n) is 3.33. The highest BCUT2D eigenvalue weighted by atomic mass is 32.2. The van der Waals surface area contributed by atoms with Gasteiger partial charge in [0.2, 0.25) is 5.91 Å². The number of hydrogen-bond donors (Lipinski definition) is 1. The number of amides is 4. The van der Waals surface area contributed by atoms with E-state index in [1.165, 1.54) is 11.9 Å². The molecule has 0 bridgehead atoms. The Bertz CT molecular complexity index is 672. The topological polar surface area (TPSA) is 104 Å². The third kappa shape index (κ3) is 2.82. The average Bonchev–Trinajstić information content (AvgIpc) is 3.23. The molecule has 0 radical (unpaired) electrons. The van der Waals surface area contributed by atoms with E-state index in [0.29, 0.717) is 6.42 Å². The van der Waals surface area contributed by atoms with E-state index in [1.807, 2.05) is 0 Å². The number of carbonyl (C=O) groups excluding carboxylic acids is 3. The van der Waals surface area contributed by atoms with Crippen LogP contribution in [0, 0.1) is 5.92 Å². The van der Waals surface area contributed by atoms with Gasteiger partial charge in [-0.05, 0) is 32.1 Å². The van der Waals surface area contributed by atoms with Crippen LogP contribution in [0.15, 0.2) is 0 Å². The predicted molar refractivity (Wildman–Crippen MR) is 81.2 cm³/mol. The van der Waals surface area contributed by atoms with E-state index >= 15 is 0 Å². The zero-order valence-electron chi connectivity index (χ0n) is 13.2. The van der Waals surface area contributed by atoms with E-state index in [1.54, 1.807) is 6.92 Å². The Hall–Kier alpha value is -1.64. The van der Waals surface area contributed by atoms with E-state index in [4.69, 9.17) is 0 Å². The first-order valence-electron chi connectivity index (χ1n) is 7.74. The highest BCUT2D eigenvalue weighted by Crippen LogP contribution is 2.42. The molecule has 1 N–H and O–H groups in total. The summed E-state index contributed by atoms with van der Waals surface area (Å²) in [4.78, 5) is 39.2. The molecule has 0 unspecified atom stereocenters. The maximum atomic E-state index is 12.5. The number of hydrogen-bond acceptors (Lipinski definition) is 5. The normalized spacial score (nSPS) is 33.0. The number of imide groups is 1. The molecule has 1 aliphatic carbocycles. The summed E-state index contributed by atoms with van der Waals surface area (Å²) in [6, 6.07) is -0.937. The van der Waals surface area contributed by atoms with Crippen LogP contribution < -0.4 is 5.32 Å². The van der Waals surface area contributed by atoms with E-state index < -0.39 is 27.3 Å². The zero-order valence-corrected chi connectivity index (χ0v) is 14.1. The summed E-state index contributed by atoms with van der Waals surface area (Å²) in [6.45, 7) is 1.35. The minimum absolute atomic E-state index is 0.0603. The molecule has 2 heterocycles. The van der Waals surface area contributed by atoms with Crippen molar-refractivity contribution in [3.05, 3.63) is 0 Å². The molecular formula is C14H21N3O5S. The molecule has 2 saturated heterocycles. The molecule has 0 aromatic heterocycles. The van der Waals surface area contributed by atoms with Crippen molar-refractivity contribution in [2.24, 2.45) is 5.92 Å². The first kappa shape index (κ1) is 16.2. The van der Waals surface area contributed by atoms with Gasteiger partial charge >= 0.3 is 6.03 Å². The Balaban J connectivity index is 1.66. The molecular weight excluding hydrogens is 322 g/mol. The van der Waals surface area contributed by atoms with Crippen molar-refractivity contribution >= 4 is 27.7 Å². The molecule has 0 aromatic carbocycles. The Labute approximate surface area is 135 Å². The lowest BCUT2D eigenvalue weighted by Gasteiger charge is -2.25. The summed E-state index contributed by atoms with van der Waals surface area (Å²) in [5.74, 6) is -0.647. The second kappa shape index (κ2) is 5.19. The van der Waals surface area contributed by atoms with Gasteiger partial charge in [0.05, 0.1) is 11.5 Å². The molecule has 23 heavy (non-hydrogen) atoms. The summed E-state index contributed by atoms with van der Waals surface area (Å²) in [6.07, 6.45) is 2.18. The molecule has 4 amide bonds. The highest BCUT2D eigenvalue weighted by Gasteiger charge is 2.56. The van der Waals surface area contributed by atoms with Crippen LogP contribution in [-0.4, -0.2) is 72.7 Å². The first-order chi connectivity index (χ1) is 10.6. The molecule has 2 atom stereocenters. The number of carbonyl (C=O) groups is 3. The van der Waals surface area contributed by atoms with Crippen molar-refractivity contribution in [2.45, 2.75) is 37.8 Å². The van der Waals surface area contributed by atoms with Gasteiger partial charge < -0.3 is 10.2 Å². The largest absolute Gasteiger partial charge is 0.340 e. The van der Waals surface area contributed by atoms with Crippen LogP contribution >= 0.6 is 0 Å². The van der Waals surface area contributed by atoms with Crippen LogP contribution in [0.2, 0.25) is 0 Å². The smallest absolute Gasteiger partial charge is 0.325 e. The standard InChI is InChI=1S/C14H21N3O5S/c1-14(9-3-4-9)12(19)17(13(20)15-14)7-11(18)16(2)10-5-6-23(21,22)8-10/h9-10H,3-8H2,1-2H3,(H,15,20)/t10-,14+/m0/s1. The summed E-state index contributed by atoms with van der Waals surface area (Å²) in [5.41, 5.74) is -0.910. The van der Waals surface area contributed by atoms with Gasteiger partial charge in [-0.15, -0.1) is 0 Å². The Morgan fingerprint density at radius 2 is 2.00 bits per heavy atom. The lowest BCUT2D eigenvalue weighted by atomic mass is 9.96. The molecule has 9 heteroatoms. The molecule has 0 spiro atoms. The number of sulfone groups is 1. The number of rotatable bonds is 4. The van der Waals surface area contributed by atoms with E-state index in [-0.39, 0.29) is 35.9 Å². The van der Waals surface area contributed by atoms with Crippen LogP contribution in [0.3, 0.4) is 0 Å². The van der Waals surface area contributed by atoms with Crippen LogP contribution in [-0.2, 0) is 19.4 Å². The van der Waals surface area contributed by atoms with Gasteiger partial charge in [0.25, 0.3) is 5.91 Å². The summed E-state index contributed by atoms with van der Waals surface area (Å²) in [5, 5.41) is 2.69. The summed E-state index contributed by atoms with van der Waals surface area (Å²) >= 11 is 0. The molecule has 8 nitrogen and oxygen atoms in total. The number of likely N-dealkylation sites (N-methyl/N-ethyl adjacent to an activating group) is 1. The van der Waals surface area contributed by atoms with Crippen molar-refractivity contribution in [2.75, 3.05) is 25.1 Å². The number of nitrogens with zero attached hydrogens (tertiary/aromatic N) is 2. The Kier molecular flexibility index (Phi) is 3.66. The molecule has 0 aromatic rings. The molecule has 3 aliphatic rings. The fourth-order valence-corrected chi connectivity index (χ4v) is 5.10.